The minimum absolute atomic E-state index is 0.00477. The van der Waals surface area contributed by atoms with Crippen LogP contribution in [0.3, 0.4) is 0 Å². The van der Waals surface area contributed by atoms with Crippen molar-refractivity contribution in [2.75, 3.05) is 5.32 Å². The van der Waals surface area contributed by atoms with Crippen LogP contribution in [0, 0.1) is 9.39 Å². The van der Waals surface area contributed by atoms with E-state index in [0.717, 1.165) is 8.04 Å². The second-order valence-corrected chi connectivity index (χ2v) is 6.61. The van der Waals surface area contributed by atoms with E-state index in [9.17, 15) is 9.18 Å². The van der Waals surface area contributed by atoms with E-state index in [1.165, 1.54) is 6.07 Å². The first kappa shape index (κ1) is 14.9. The molecular formula is C13H7Br2FINO. The molecule has 0 spiro atoms. The number of carbonyl (C=O) groups excluding carboxylic acids is 1. The lowest BCUT2D eigenvalue weighted by Crippen LogP contribution is -2.14. The number of anilines is 1. The summed E-state index contributed by atoms with van der Waals surface area (Å²) < 4.78 is 15.8. The second kappa shape index (κ2) is 6.32. The molecule has 2 aromatic carbocycles. The molecule has 1 amide bonds. The summed E-state index contributed by atoms with van der Waals surface area (Å²) in [5.41, 5.74) is 0.643. The molecule has 0 aliphatic heterocycles. The van der Waals surface area contributed by atoms with Crippen LogP contribution < -0.4 is 5.32 Å². The van der Waals surface area contributed by atoms with Gasteiger partial charge in [-0.2, -0.15) is 0 Å². The maximum absolute atomic E-state index is 13.8. The van der Waals surface area contributed by atoms with Crippen LogP contribution in [0.15, 0.2) is 45.3 Å². The highest BCUT2D eigenvalue weighted by Gasteiger charge is 2.15. The maximum atomic E-state index is 13.8. The number of benzene rings is 2. The van der Waals surface area contributed by atoms with Gasteiger partial charge in [-0.15, -0.1) is 0 Å². The predicted molar refractivity (Wildman–Crippen MR) is 88.9 cm³/mol. The predicted octanol–water partition coefficient (Wildman–Crippen LogP) is 5.21. The van der Waals surface area contributed by atoms with Crippen molar-refractivity contribution in [1.82, 2.24) is 0 Å². The van der Waals surface area contributed by atoms with Gasteiger partial charge in [-0.05, 0) is 68.9 Å². The average Bonchev–Trinajstić information content (AvgIpc) is 2.37. The third kappa shape index (κ3) is 3.55. The van der Waals surface area contributed by atoms with Gasteiger partial charge in [0.15, 0.2) is 0 Å². The van der Waals surface area contributed by atoms with E-state index < -0.39 is 11.7 Å². The van der Waals surface area contributed by atoms with E-state index in [1.807, 2.05) is 12.1 Å². The fourth-order valence-electron chi connectivity index (χ4n) is 1.46. The Morgan fingerprint density at radius 1 is 1.21 bits per heavy atom. The molecule has 0 fully saturated rings. The molecule has 6 heteroatoms. The van der Waals surface area contributed by atoms with Crippen LogP contribution in [-0.4, -0.2) is 5.91 Å². The average molecular weight is 499 g/mol. The molecule has 2 aromatic rings. The highest BCUT2D eigenvalue weighted by molar-refractivity contribution is 14.1. The molecule has 0 aliphatic carbocycles. The Kier molecular flexibility index (Phi) is 4.97. The fraction of sp³-hybridized carbons (Fsp3) is 0. The van der Waals surface area contributed by atoms with Crippen molar-refractivity contribution in [2.45, 2.75) is 0 Å². The van der Waals surface area contributed by atoms with Crippen LogP contribution in [0.2, 0.25) is 0 Å². The molecule has 2 nitrogen and oxygen atoms in total. The summed E-state index contributed by atoms with van der Waals surface area (Å²) in [7, 11) is 0. The largest absolute Gasteiger partial charge is 0.321 e. The lowest BCUT2D eigenvalue weighted by molar-refractivity contribution is 0.102. The Bertz CT molecular complexity index is 649. The number of hydrogen-bond acceptors (Lipinski definition) is 1. The van der Waals surface area contributed by atoms with Gasteiger partial charge >= 0.3 is 0 Å². The molecule has 0 heterocycles. The first-order valence-corrected chi connectivity index (χ1v) is 7.86. The van der Waals surface area contributed by atoms with Crippen molar-refractivity contribution >= 4 is 66.0 Å². The topological polar surface area (TPSA) is 29.1 Å². The number of amides is 1. The summed E-state index contributed by atoms with van der Waals surface area (Å²) in [6, 6.07) is 10.1. The Hall–Kier alpha value is -0.470. The summed E-state index contributed by atoms with van der Waals surface area (Å²) in [5, 5.41) is 2.70. The first-order valence-electron chi connectivity index (χ1n) is 5.19. The van der Waals surface area contributed by atoms with Gasteiger partial charge in [0, 0.05) is 8.04 Å². The number of nitrogens with one attached hydrogen (secondary N) is 1. The molecule has 0 aromatic heterocycles. The van der Waals surface area contributed by atoms with E-state index in [-0.39, 0.29) is 10.0 Å². The third-order valence-corrected chi connectivity index (χ3v) is 4.42. The van der Waals surface area contributed by atoms with Crippen molar-refractivity contribution in [2.24, 2.45) is 0 Å². The lowest BCUT2D eigenvalue weighted by Gasteiger charge is -2.09. The highest BCUT2D eigenvalue weighted by Crippen LogP contribution is 2.25. The second-order valence-electron chi connectivity index (χ2n) is 3.68. The van der Waals surface area contributed by atoms with Crippen LogP contribution in [0.4, 0.5) is 10.1 Å². The molecule has 0 radical (unpaired) electrons. The molecule has 19 heavy (non-hydrogen) atoms. The summed E-state index contributed by atoms with van der Waals surface area (Å²) in [6.07, 6.45) is 0. The lowest BCUT2D eigenvalue weighted by atomic mass is 10.2. The monoisotopic (exact) mass is 497 g/mol. The summed E-state index contributed by atoms with van der Waals surface area (Å²) >= 11 is 8.50. The van der Waals surface area contributed by atoms with Crippen LogP contribution in [0.1, 0.15) is 10.4 Å². The zero-order valence-corrected chi connectivity index (χ0v) is 14.7. The van der Waals surface area contributed by atoms with Gasteiger partial charge in [0.25, 0.3) is 5.91 Å². The van der Waals surface area contributed by atoms with E-state index in [2.05, 4.69) is 59.8 Å². The molecule has 0 aliphatic rings. The third-order valence-electron chi connectivity index (χ3n) is 2.37. The van der Waals surface area contributed by atoms with E-state index in [1.54, 1.807) is 18.2 Å². The normalized spacial score (nSPS) is 10.3. The van der Waals surface area contributed by atoms with Crippen LogP contribution in [0.5, 0.6) is 0 Å². The smallest absolute Gasteiger partial charge is 0.258 e. The number of rotatable bonds is 2. The van der Waals surface area contributed by atoms with E-state index in [4.69, 9.17) is 0 Å². The van der Waals surface area contributed by atoms with Crippen molar-refractivity contribution in [1.29, 1.82) is 0 Å². The van der Waals surface area contributed by atoms with Gasteiger partial charge in [0.1, 0.15) is 5.82 Å². The molecule has 98 valence electrons. The van der Waals surface area contributed by atoms with Gasteiger partial charge in [-0.25, -0.2) is 4.39 Å². The fourth-order valence-corrected chi connectivity index (χ4v) is 2.66. The van der Waals surface area contributed by atoms with Crippen LogP contribution >= 0.6 is 54.5 Å². The van der Waals surface area contributed by atoms with Gasteiger partial charge in [0.2, 0.25) is 0 Å². The number of carbonyl (C=O) groups is 1. The van der Waals surface area contributed by atoms with E-state index in [0.29, 0.717) is 5.69 Å². The number of halogens is 4. The van der Waals surface area contributed by atoms with Gasteiger partial charge in [-0.1, -0.05) is 22.0 Å². The molecule has 2 rings (SSSR count). The van der Waals surface area contributed by atoms with Crippen LogP contribution in [-0.2, 0) is 0 Å². The molecular weight excluding hydrogens is 492 g/mol. The Morgan fingerprint density at radius 2 is 1.95 bits per heavy atom. The quantitative estimate of drug-likeness (QED) is 0.566. The minimum atomic E-state index is -0.565. The first-order chi connectivity index (χ1) is 8.99. The Balaban J connectivity index is 2.31. The molecule has 0 saturated carbocycles. The molecule has 1 N–H and O–H groups in total. The molecule has 0 atom stereocenters. The zero-order chi connectivity index (χ0) is 14.0. The summed E-state index contributed by atoms with van der Waals surface area (Å²) in [4.78, 5) is 12.1. The van der Waals surface area contributed by atoms with Gasteiger partial charge in [0.05, 0.1) is 15.7 Å². The summed E-state index contributed by atoms with van der Waals surface area (Å²) in [6.45, 7) is 0. The van der Waals surface area contributed by atoms with Crippen molar-refractivity contribution in [3.05, 3.63) is 60.3 Å². The minimum Gasteiger partial charge on any atom is -0.321 e. The molecule has 0 unspecified atom stereocenters. The van der Waals surface area contributed by atoms with Crippen molar-refractivity contribution in [3.8, 4) is 0 Å². The van der Waals surface area contributed by atoms with E-state index >= 15 is 0 Å². The van der Waals surface area contributed by atoms with Gasteiger partial charge < -0.3 is 5.32 Å². The zero-order valence-electron chi connectivity index (χ0n) is 9.38. The standard InChI is InChI=1S/C13H7Br2FINO/c14-7-4-5-10(17)11(6-7)18-13(19)8-2-1-3-9(15)12(8)16/h1-6H,(H,18,19). The number of hydrogen-bond donors (Lipinski definition) is 1. The Labute approximate surface area is 140 Å². The molecule has 0 bridgehead atoms. The highest BCUT2D eigenvalue weighted by atomic mass is 127. The Morgan fingerprint density at radius 3 is 2.68 bits per heavy atom. The van der Waals surface area contributed by atoms with Gasteiger partial charge in [-0.3, -0.25) is 4.79 Å². The maximum Gasteiger partial charge on any atom is 0.258 e. The molecule has 0 saturated heterocycles. The van der Waals surface area contributed by atoms with Crippen molar-refractivity contribution in [3.63, 3.8) is 0 Å². The van der Waals surface area contributed by atoms with Crippen molar-refractivity contribution < 1.29 is 9.18 Å². The van der Waals surface area contributed by atoms with Crippen LogP contribution in [0.25, 0.3) is 0 Å². The SMILES string of the molecule is O=C(Nc1cc(Br)ccc1I)c1cccc(Br)c1F. The summed E-state index contributed by atoms with van der Waals surface area (Å²) in [5.74, 6) is -1.04.